The highest BCUT2D eigenvalue weighted by atomic mass is 32.1. The Morgan fingerprint density at radius 1 is 1.21 bits per heavy atom. The zero-order valence-electron chi connectivity index (χ0n) is 16.1. The van der Waals surface area contributed by atoms with E-state index in [2.05, 4.69) is 21.7 Å². The summed E-state index contributed by atoms with van der Waals surface area (Å²) in [5.41, 5.74) is 5.85. The Hall–Kier alpha value is -2.57. The van der Waals surface area contributed by atoms with Crippen LogP contribution in [0.1, 0.15) is 37.6 Å². The van der Waals surface area contributed by atoms with Gasteiger partial charge in [0.05, 0.1) is 11.4 Å². The highest BCUT2D eigenvalue weighted by Gasteiger charge is 2.21. The molecule has 0 radical (unpaired) electrons. The Labute approximate surface area is 167 Å². The normalized spacial score (nSPS) is 13.3. The predicted octanol–water partition coefficient (Wildman–Crippen LogP) is 4.77. The molecule has 0 bridgehead atoms. The third kappa shape index (κ3) is 3.45. The summed E-state index contributed by atoms with van der Waals surface area (Å²) in [5.74, 6) is -0.650. The lowest BCUT2D eigenvalue weighted by molar-refractivity contribution is 0.102. The number of halogens is 1. The molecule has 0 aliphatic carbocycles. The molecular formula is C22H22FN3OS. The molecule has 0 unspecified atom stereocenters. The highest BCUT2D eigenvalue weighted by Crippen LogP contribution is 2.32. The van der Waals surface area contributed by atoms with Gasteiger partial charge in [0.2, 0.25) is 0 Å². The van der Waals surface area contributed by atoms with Crippen LogP contribution in [0.25, 0.3) is 10.6 Å². The van der Waals surface area contributed by atoms with Gasteiger partial charge in [-0.05, 0) is 56.5 Å². The van der Waals surface area contributed by atoms with Crippen LogP contribution < -0.4 is 10.6 Å². The van der Waals surface area contributed by atoms with E-state index in [1.54, 1.807) is 6.07 Å². The molecule has 28 heavy (non-hydrogen) atoms. The van der Waals surface area contributed by atoms with Crippen molar-refractivity contribution in [3.05, 3.63) is 69.0 Å². The number of nitrogens with zero attached hydrogens (tertiary/aromatic N) is 1. The van der Waals surface area contributed by atoms with E-state index < -0.39 is 0 Å². The summed E-state index contributed by atoms with van der Waals surface area (Å²) in [4.78, 5) is 17.9. The van der Waals surface area contributed by atoms with E-state index in [1.165, 1.54) is 16.9 Å². The number of amides is 1. The summed E-state index contributed by atoms with van der Waals surface area (Å²) < 4.78 is 14.8. The largest absolute Gasteiger partial charge is 0.319 e. The van der Waals surface area contributed by atoms with Crippen molar-refractivity contribution in [2.24, 2.45) is 0 Å². The maximum Gasteiger partial charge on any atom is 0.267 e. The molecule has 0 saturated carbocycles. The minimum atomic E-state index is -0.330. The third-order valence-corrected chi connectivity index (χ3v) is 6.26. The number of fused-ring (bicyclic) bond motifs is 1. The average Bonchev–Trinajstić information content (AvgIpc) is 3.05. The molecule has 144 valence electrons. The lowest BCUT2D eigenvalue weighted by Crippen LogP contribution is -2.25. The van der Waals surface area contributed by atoms with Gasteiger partial charge in [-0.15, -0.1) is 11.3 Å². The van der Waals surface area contributed by atoms with E-state index in [1.807, 2.05) is 39.0 Å². The van der Waals surface area contributed by atoms with Gasteiger partial charge < -0.3 is 10.6 Å². The van der Waals surface area contributed by atoms with Crippen LogP contribution in [0.2, 0.25) is 0 Å². The Morgan fingerprint density at radius 3 is 2.82 bits per heavy atom. The standard InChI is InChI=1S/C22H22FN3OS/c1-12-4-6-16(13(2)10-12)22-25-14(3)20(28-22)21(27)26-18-7-5-15-11-24-9-8-17(15)19(18)23/h4-7,10,24H,8-9,11H2,1-3H3,(H,26,27). The van der Waals surface area contributed by atoms with E-state index in [4.69, 9.17) is 0 Å². The second-order valence-electron chi connectivity index (χ2n) is 7.20. The van der Waals surface area contributed by atoms with Crippen LogP contribution in [0.15, 0.2) is 30.3 Å². The van der Waals surface area contributed by atoms with Gasteiger partial charge in [-0.1, -0.05) is 29.8 Å². The second-order valence-corrected chi connectivity index (χ2v) is 8.20. The molecule has 2 N–H and O–H groups in total. The van der Waals surface area contributed by atoms with Gasteiger partial charge in [0.15, 0.2) is 0 Å². The topological polar surface area (TPSA) is 54.0 Å². The van der Waals surface area contributed by atoms with Gasteiger partial charge in [-0.2, -0.15) is 0 Å². The molecule has 1 aliphatic heterocycles. The molecular weight excluding hydrogens is 373 g/mol. The van der Waals surface area contributed by atoms with E-state index in [9.17, 15) is 9.18 Å². The number of aromatic nitrogens is 1. The van der Waals surface area contributed by atoms with Crippen molar-refractivity contribution >= 4 is 22.9 Å². The molecule has 6 heteroatoms. The SMILES string of the molecule is Cc1ccc(-c2nc(C)c(C(=O)Nc3ccc4c(c3F)CCNC4)s2)c(C)c1. The Kier molecular flexibility index (Phi) is 5.00. The highest BCUT2D eigenvalue weighted by molar-refractivity contribution is 7.17. The third-order valence-electron chi connectivity index (χ3n) is 5.07. The maximum absolute atomic E-state index is 14.8. The van der Waals surface area contributed by atoms with Crippen LogP contribution >= 0.6 is 11.3 Å². The molecule has 0 atom stereocenters. The molecule has 3 aromatic rings. The number of hydrogen-bond donors (Lipinski definition) is 2. The van der Waals surface area contributed by atoms with Gasteiger partial charge in [-0.3, -0.25) is 4.79 Å². The van der Waals surface area contributed by atoms with Crippen molar-refractivity contribution in [3.8, 4) is 10.6 Å². The quantitative estimate of drug-likeness (QED) is 0.671. The fraction of sp³-hybridized carbons (Fsp3) is 0.273. The number of nitrogens with one attached hydrogen (secondary N) is 2. The van der Waals surface area contributed by atoms with E-state index in [0.29, 0.717) is 29.1 Å². The fourth-order valence-electron chi connectivity index (χ4n) is 3.59. The smallest absolute Gasteiger partial charge is 0.267 e. The number of anilines is 1. The first-order chi connectivity index (χ1) is 13.4. The monoisotopic (exact) mass is 395 g/mol. The van der Waals surface area contributed by atoms with E-state index >= 15 is 0 Å². The number of benzene rings is 2. The average molecular weight is 396 g/mol. The Bertz CT molecular complexity index is 1070. The predicted molar refractivity (Wildman–Crippen MR) is 112 cm³/mol. The number of aryl methyl sites for hydroxylation is 3. The molecule has 1 amide bonds. The first-order valence-corrected chi connectivity index (χ1v) is 10.1. The number of hydrogen-bond acceptors (Lipinski definition) is 4. The summed E-state index contributed by atoms with van der Waals surface area (Å²) >= 11 is 1.34. The molecule has 4 rings (SSSR count). The van der Waals surface area contributed by atoms with Crippen molar-refractivity contribution in [3.63, 3.8) is 0 Å². The van der Waals surface area contributed by atoms with Crippen molar-refractivity contribution < 1.29 is 9.18 Å². The molecule has 1 aromatic heterocycles. The molecule has 0 spiro atoms. The molecule has 0 fully saturated rings. The summed E-state index contributed by atoms with van der Waals surface area (Å²) in [7, 11) is 0. The van der Waals surface area contributed by atoms with Gasteiger partial charge in [0.1, 0.15) is 15.7 Å². The Morgan fingerprint density at radius 2 is 2.04 bits per heavy atom. The second kappa shape index (κ2) is 7.45. The van der Waals surface area contributed by atoms with Gasteiger partial charge in [0, 0.05) is 12.1 Å². The van der Waals surface area contributed by atoms with Gasteiger partial charge >= 0.3 is 0 Å². The molecule has 1 aliphatic rings. The maximum atomic E-state index is 14.8. The zero-order valence-corrected chi connectivity index (χ0v) is 17.0. The van der Waals surface area contributed by atoms with Crippen molar-refractivity contribution in [2.75, 3.05) is 11.9 Å². The van der Waals surface area contributed by atoms with Crippen LogP contribution in [-0.4, -0.2) is 17.4 Å². The lowest BCUT2D eigenvalue weighted by Gasteiger charge is -2.19. The molecule has 2 heterocycles. The fourth-order valence-corrected chi connectivity index (χ4v) is 4.64. The minimum Gasteiger partial charge on any atom is -0.319 e. The lowest BCUT2D eigenvalue weighted by atomic mass is 9.99. The number of thiazole rings is 1. The van der Waals surface area contributed by atoms with Crippen LogP contribution in [0.4, 0.5) is 10.1 Å². The van der Waals surface area contributed by atoms with Crippen molar-refractivity contribution in [1.82, 2.24) is 10.3 Å². The molecule has 0 saturated heterocycles. The number of carbonyl (C=O) groups is 1. The minimum absolute atomic E-state index is 0.228. The number of rotatable bonds is 3. The van der Waals surface area contributed by atoms with Crippen molar-refractivity contribution in [2.45, 2.75) is 33.7 Å². The summed E-state index contributed by atoms with van der Waals surface area (Å²) in [6.07, 6.45) is 0.626. The molecule has 4 nitrogen and oxygen atoms in total. The molecule has 2 aromatic carbocycles. The van der Waals surface area contributed by atoms with Crippen LogP contribution in [-0.2, 0) is 13.0 Å². The van der Waals surface area contributed by atoms with Gasteiger partial charge in [0.25, 0.3) is 5.91 Å². The van der Waals surface area contributed by atoms with Crippen molar-refractivity contribution in [1.29, 1.82) is 0 Å². The van der Waals surface area contributed by atoms with E-state index in [-0.39, 0.29) is 17.4 Å². The van der Waals surface area contributed by atoms with E-state index in [0.717, 1.165) is 28.2 Å². The number of carbonyl (C=O) groups excluding carboxylic acids is 1. The van der Waals surface area contributed by atoms with Crippen LogP contribution in [0.3, 0.4) is 0 Å². The van der Waals surface area contributed by atoms with Gasteiger partial charge in [-0.25, -0.2) is 9.37 Å². The van der Waals surface area contributed by atoms with Crippen LogP contribution in [0, 0.1) is 26.6 Å². The summed E-state index contributed by atoms with van der Waals surface area (Å²) in [6, 6.07) is 9.68. The summed E-state index contributed by atoms with van der Waals surface area (Å²) in [6.45, 7) is 7.30. The Balaban J connectivity index is 1.62. The zero-order chi connectivity index (χ0) is 19.8. The van der Waals surface area contributed by atoms with Crippen LogP contribution in [0.5, 0.6) is 0 Å². The first-order valence-electron chi connectivity index (χ1n) is 9.31. The first kappa shape index (κ1) is 18.8. The summed E-state index contributed by atoms with van der Waals surface area (Å²) in [5, 5.41) is 6.77.